The standard InChI is InChI=1S/C12H16FNO2S/c1-3-14-11(12(15)16-2)8-17-10-6-4-5-9(13)7-10/h4-7,11,14H,3,8H2,1-2H3. The van der Waals surface area contributed by atoms with Crippen LogP contribution in [0.15, 0.2) is 29.2 Å². The van der Waals surface area contributed by atoms with Crippen LogP contribution in [0.25, 0.3) is 0 Å². The number of carbonyl (C=O) groups is 1. The maximum atomic E-state index is 12.9. The van der Waals surface area contributed by atoms with Gasteiger partial charge in [0.15, 0.2) is 0 Å². The van der Waals surface area contributed by atoms with Crippen LogP contribution in [0.1, 0.15) is 6.92 Å². The Hall–Kier alpha value is -1.07. The molecule has 0 aliphatic heterocycles. The Kier molecular flexibility index (Phi) is 6.00. The monoisotopic (exact) mass is 257 g/mol. The molecule has 1 aromatic rings. The van der Waals surface area contributed by atoms with E-state index in [1.807, 2.05) is 13.0 Å². The fourth-order valence-electron chi connectivity index (χ4n) is 1.34. The molecule has 0 aliphatic carbocycles. The second-order valence-electron chi connectivity index (χ2n) is 3.40. The predicted molar refractivity (Wildman–Crippen MR) is 66.6 cm³/mol. The van der Waals surface area contributed by atoms with Gasteiger partial charge in [0.2, 0.25) is 0 Å². The molecule has 0 spiro atoms. The highest BCUT2D eigenvalue weighted by Gasteiger charge is 2.17. The smallest absolute Gasteiger partial charge is 0.323 e. The van der Waals surface area contributed by atoms with Gasteiger partial charge in [0.05, 0.1) is 7.11 Å². The molecule has 0 fully saturated rings. The van der Waals surface area contributed by atoms with Crippen LogP contribution >= 0.6 is 11.8 Å². The normalized spacial score (nSPS) is 12.2. The maximum absolute atomic E-state index is 12.9. The number of hydrogen-bond acceptors (Lipinski definition) is 4. The number of halogens is 1. The van der Waals surface area contributed by atoms with Crippen molar-refractivity contribution in [3.63, 3.8) is 0 Å². The number of benzene rings is 1. The highest BCUT2D eigenvalue weighted by Crippen LogP contribution is 2.19. The maximum Gasteiger partial charge on any atom is 0.323 e. The number of carbonyl (C=O) groups excluding carboxylic acids is 1. The zero-order valence-electron chi connectivity index (χ0n) is 9.90. The number of hydrogen-bond donors (Lipinski definition) is 1. The Morgan fingerprint density at radius 2 is 2.35 bits per heavy atom. The lowest BCUT2D eigenvalue weighted by atomic mass is 10.3. The van der Waals surface area contributed by atoms with Crippen LogP contribution in [0.4, 0.5) is 4.39 Å². The Balaban J connectivity index is 2.54. The number of nitrogens with one attached hydrogen (secondary N) is 1. The molecule has 3 nitrogen and oxygen atoms in total. The molecule has 0 saturated heterocycles. The van der Waals surface area contributed by atoms with Gasteiger partial charge >= 0.3 is 5.97 Å². The number of methoxy groups -OCH3 is 1. The van der Waals surface area contributed by atoms with Gasteiger partial charge in [-0.25, -0.2) is 4.39 Å². The first-order valence-corrected chi connectivity index (χ1v) is 6.35. The molecule has 0 aliphatic rings. The lowest BCUT2D eigenvalue weighted by Crippen LogP contribution is -2.39. The molecule has 1 aromatic carbocycles. The van der Waals surface area contributed by atoms with Gasteiger partial charge in [-0.05, 0) is 24.7 Å². The summed E-state index contributed by atoms with van der Waals surface area (Å²) < 4.78 is 17.6. The first-order valence-electron chi connectivity index (χ1n) is 5.37. The second kappa shape index (κ2) is 7.29. The van der Waals surface area contributed by atoms with Crippen molar-refractivity contribution in [3.05, 3.63) is 30.1 Å². The average Bonchev–Trinajstić information content (AvgIpc) is 2.33. The summed E-state index contributed by atoms with van der Waals surface area (Å²) in [7, 11) is 1.36. The van der Waals surface area contributed by atoms with E-state index in [9.17, 15) is 9.18 Å². The summed E-state index contributed by atoms with van der Waals surface area (Å²) >= 11 is 1.42. The highest BCUT2D eigenvalue weighted by atomic mass is 32.2. The highest BCUT2D eigenvalue weighted by molar-refractivity contribution is 7.99. The molecular weight excluding hydrogens is 241 g/mol. The first-order chi connectivity index (χ1) is 8.17. The SMILES string of the molecule is CCNC(CSc1cccc(F)c1)C(=O)OC. The summed E-state index contributed by atoms with van der Waals surface area (Å²) in [5, 5.41) is 3.03. The Bertz CT molecular complexity index is 373. The van der Waals surface area contributed by atoms with E-state index in [0.717, 1.165) is 4.90 Å². The molecule has 0 amide bonds. The van der Waals surface area contributed by atoms with Gasteiger partial charge in [-0.2, -0.15) is 0 Å². The van der Waals surface area contributed by atoms with Crippen LogP contribution in [0.2, 0.25) is 0 Å². The first kappa shape index (κ1) is 14.0. The number of likely N-dealkylation sites (N-methyl/N-ethyl adjacent to an activating group) is 1. The van der Waals surface area contributed by atoms with E-state index in [2.05, 4.69) is 10.1 Å². The van der Waals surface area contributed by atoms with Crippen molar-refractivity contribution in [2.24, 2.45) is 0 Å². The number of thioether (sulfide) groups is 1. The summed E-state index contributed by atoms with van der Waals surface area (Å²) in [6, 6.07) is 5.95. The Labute approximate surface area is 105 Å². The predicted octanol–water partition coefficient (Wildman–Crippen LogP) is 2.07. The van der Waals surface area contributed by atoms with Gasteiger partial charge in [-0.15, -0.1) is 11.8 Å². The van der Waals surface area contributed by atoms with Crippen LogP contribution < -0.4 is 5.32 Å². The molecule has 0 heterocycles. The average molecular weight is 257 g/mol. The molecular formula is C12H16FNO2S. The van der Waals surface area contributed by atoms with Crippen LogP contribution in [0.5, 0.6) is 0 Å². The Morgan fingerprint density at radius 3 is 2.94 bits per heavy atom. The van der Waals surface area contributed by atoms with Gasteiger partial charge in [-0.3, -0.25) is 4.79 Å². The number of rotatable bonds is 6. The van der Waals surface area contributed by atoms with E-state index >= 15 is 0 Å². The molecule has 1 rings (SSSR count). The van der Waals surface area contributed by atoms with Crippen LogP contribution in [0, 0.1) is 5.82 Å². The molecule has 0 bridgehead atoms. The molecule has 0 radical (unpaired) electrons. The van der Waals surface area contributed by atoms with Gasteiger partial charge in [0.25, 0.3) is 0 Å². The quantitative estimate of drug-likeness (QED) is 0.625. The topological polar surface area (TPSA) is 38.3 Å². The summed E-state index contributed by atoms with van der Waals surface area (Å²) in [5.41, 5.74) is 0. The van der Waals surface area contributed by atoms with E-state index in [0.29, 0.717) is 12.3 Å². The third kappa shape index (κ3) is 4.75. The molecule has 5 heteroatoms. The minimum atomic E-state index is -0.363. The van der Waals surface area contributed by atoms with Crippen LogP contribution in [-0.2, 0) is 9.53 Å². The third-order valence-electron chi connectivity index (χ3n) is 2.15. The van der Waals surface area contributed by atoms with Gasteiger partial charge < -0.3 is 10.1 Å². The molecule has 17 heavy (non-hydrogen) atoms. The second-order valence-corrected chi connectivity index (χ2v) is 4.50. The van der Waals surface area contributed by atoms with E-state index < -0.39 is 0 Å². The molecule has 94 valence electrons. The summed E-state index contributed by atoms with van der Waals surface area (Å²) in [4.78, 5) is 12.2. The lowest BCUT2D eigenvalue weighted by molar-refractivity contribution is -0.142. The lowest BCUT2D eigenvalue weighted by Gasteiger charge is -2.14. The Morgan fingerprint density at radius 1 is 1.59 bits per heavy atom. The third-order valence-corrected chi connectivity index (χ3v) is 3.24. The van der Waals surface area contributed by atoms with Crippen molar-refractivity contribution in [2.75, 3.05) is 19.4 Å². The van der Waals surface area contributed by atoms with Crippen molar-refractivity contribution >= 4 is 17.7 Å². The van der Waals surface area contributed by atoms with E-state index in [4.69, 9.17) is 0 Å². The summed E-state index contributed by atoms with van der Waals surface area (Å²) in [6.07, 6.45) is 0. The van der Waals surface area contributed by atoms with Crippen molar-refractivity contribution in [3.8, 4) is 0 Å². The van der Waals surface area contributed by atoms with Crippen LogP contribution in [-0.4, -0.2) is 31.4 Å². The summed E-state index contributed by atoms with van der Waals surface area (Å²) in [5.74, 6) is -0.0481. The van der Waals surface area contributed by atoms with Crippen molar-refractivity contribution in [1.29, 1.82) is 0 Å². The zero-order chi connectivity index (χ0) is 12.7. The van der Waals surface area contributed by atoms with E-state index in [1.165, 1.54) is 31.0 Å². The van der Waals surface area contributed by atoms with E-state index in [1.54, 1.807) is 6.07 Å². The molecule has 1 unspecified atom stereocenters. The van der Waals surface area contributed by atoms with Crippen molar-refractivity contribution < 1.29 is 13.9 Å². The van der Waals surface area contributed by atoms with Gasteiger partial charge in [0, 0.05) is 10.6 Å². The molecule has 1 atom stereocenters. The molecule has 0 saturated carbocycles. The van der Waals surface area contributed by atoms with Crippen LogP contribution in [0.3, 0.4) is 0 Å². The fraction of sp³-hybridized carbons (Fsp3) is 0.417. The summed E-state index contributed by atoms with van der Waals surface area (Å²) in [6.45, 7) is 2.60. The largest absolute Gasteiger partial charge is 0.468 e. The van der Waals surface area contributed by atoms with Gasteiger partial charge in [-0.1, -0.05) is 13.0 Å². The zero-order valence-corrected chi connectivity index (χ0v) is 10.7. The fourth-order valence-corrected chi connectivity index (χ4v) is 2.32. The van der Waals surface area contributed by atoms with Crippen molar-refractivity contribution in [2.45, 2.75) is 17.9 Å². The van der Waals surface area contributed by atoms with Crippen molar-refractivity contribution in [1.82, 2.24) is 5.32 Å². The van der Waals surface area contributed by atoms with Gasteiger partial charge in [0.1, 0.15) is 11.9 Å². The van der Waals surface area contributed by atoms with E-state index in [-0.39, 0.29) is 17.8 Å². The number of esters is 1. The molecule has 0 aromatic heterocycles. The molecule has 1 N–H and O–H groups in total. The minimum Gasteiger partial charge on any atom is -0.468 e. The minimum absolute atomic E-state index is 0.270. The number of ether oxygens (including phenoxy) is 1.